The molecule has 0 saturated carbocycles. The SMILES string of the molecule is CCNC(=O)CCC(NC(=O)OCC1c2ccccc2-c2ccccc21)C(=O)OC(C)(C)C. The van der Waals surface area contributed by atoms with Gasteiger partial charge in [-0.25, -0.2) is 9.59 Å². The van der Waals surface area contributed by atoms with Gasteiger partial charge in [-0.3, -0.25) is 4.79 Å². The number of hydrogen-bond acceptors (Lipinski definition) is 5. The molecule has 7 heteroatoms. The molecule has 2 aromatic rings. The summed E-state index contributed by atoms with van der Waals surface area (Å²) in [6.45, 7) is 7.70. The van der Waals surface area contributed by atoms with Gasteiger partial charge in [0.25, 0.3) is 0 Å². The molecule has 0 bridgehead atoms. The van der Waals surface area contributed by atoms with E-state index in [9.17, 15) is 14.4 Å². The summed E-state index contributed by atoms with van der Waals surface area (Å²) in [5.74, 6) is -0.876. The molecule has 0 spiro atoms. The number of benzene rings is 2. The van der Waals surface area contributed by atoms with Crippen LogP contribution in [0.1, 0.15) is 57.6 Å². The maximum atomic E-state index is 12.6. The molecule has 0 aliphatic heterocycles. The molecule has 176 valence electrons. The molecular formula is C26H32N2O5. The number of amides is 2. The summed E-state index contributed by atoms with van der Waals surface area (Å²) in [4.78, 5) is 37.1. The molecule has 3 rings (SSSR count). The Bertz CT molecular complexity index is 966. The molecule has 0 fully saturated rings. The molecule has 0 heterocycles. The molecule has 33 heavy (non-hydrogen) atoms. The summed E-state index contributed by atoms with van der Waals surface area (Å²) in [6, 6.07) is 15.1. The topological polar surface area (TPSA) is 93.7 Å². The Kier molecular flexibility index (Phi) is 7.74. The van der Waals surface area contributed by atoms with Crippen LogP contribution >= 0.6 is 0 Å². The van der Waals surface area contributed by atoms with Crippen molar-refractivity contribution in [2.45, 2.75) is 58.1 Å². The second-order valence-corrected chi connectivity index (χ2v) is 9.05. The molecule has 2 N–H and O–H groups in total. The van der Waals surface area contributed by atoms with E-state index in [1.165, 1.54) is 0 Å². The highest BCUT2D eigenvalue weighted by Gasteiger charge is 2.31. The van der Waals surface area contributed by atoms with E-state index in [0.29, 0.717) is 6.54 Å². The maximum absolute atomic E-state index is 12.6. The summed E-state index contributed by atoms with van der Waals surface area (Å²) in [5, 5.41) is 5.28. The molecule has 2 aromatic carbocycles. The van der Waals surface area contributed by atoms with E-state index in [0.717, 1.165) is 22.3 Å². The van der Waals surface area contributed by atoms with Crippen LogP contribution in [-0.2, 0) is 19.1 Å². The zero-order chi connectivity index (χ0) is 24.0. The summed E-state index contributed by atoms with van der Waals surface area (Å²) in [7, 11) is 0. The fourth-order valence-electron chi connectivity index (χ4n) is 3.97. The van der Waals surface area contributed by atoms with Crippen molar-refractivity contribution in [2.75, 3.05) is 13.2 Å². The summed E-state index contributed by atoms with van der Waals surface area (Å²) >= 11 is 0. The van der Waals surface area contributed by atoms with Crippen LogP contribution in [-0.4, -0.2) is 42.8 Å². The molecule has 0 aromatic heterocycles. The second kappa shape index (κ2) is 10.5. The van der Waals surface area contributed by atoms with Crippen LogP contribution in [0.5, 0.6) is 0 Å². The number of rotatable bonds is 8. The third-order valence-corrected chi connectivity index (χ3v) is 5.36. The molecule has 2 amide bonds. The van der Waals surface area contributed by atoms with E-state index in [4.69, 9.17) is 9.47 Å². The first-order valence-corrected chi connectivity index (χ1v) is 11.3. The predicted molar refractivity (Wildman–Crippen MR) is 126 cm³/mol. The van der Waals surface area contributed by atoms with Gasteiger partial charge in [0.15, 0.2) is 0 Å². The standard InChI is InChI=1S/C26H32N2O5/c1-5-27-23(29)15-14-22(24(30)33-26(2,3)4)28-25(31)32-16-21-19-12-8-6-10-17(19)18-11-7-9-13-20(18)21/h6-13,21-22H,5,14-16H2,1-4H3,(H,27,29)(H,28,31). The normalized spacial score (nSPS) is 13.5. The van der Waals surface area contributed by atoms with Crippen LogP contribution < -0.4 is 10.6 Å². The number of hydrogen-bond donors (Lipinski definition) is 2. The van der Waals surface area contributed by atoms with E-state index >= 15 is 0 Å². The summed E-state index contributed by atoms with van der Waals surface area (Å²) in [6.07, 6.45) is -0.518. The second-order valence-electron chi connectivity index (χ2n) is 9.05. The van der Waals surface area contributed by atoms with E-state index < -0.39 is 23.7 Å². The van der Waals surface area contributed by atoms with Gasteiger partial charge in [0.1, 0.15) is 18.2 Å². The van der Waals surface area contributed by atoms with Gasteiger partial charge in [0.05, 0.1) is 0 Å². The first kappa shape index (κ1) is 24.3. The highest BCUT2D eigenvalue weighted by atomic mass is 16.6. The number of alkyl carbamates (subject to hydrolysis) is 1. The molecule has 0 saturated heterocycles. The van der Waals surface area contributed by atoms with E-state index in [1.807, 2.05) is 43.3 Å². The van der Waals surface area contributed by atoms with Crippen molar-refractivity contribution in [1.82, 2.24) is 10.6 Å². The Morgan fingerprint density at radius 1 is 0.970 bits per heavy atom. The molecule has 1 aliphatic rings. The van der Waals surface area contributed by atoms with Crippen molar-refractivity contribution >= 4 is 18.0 Å². The van der Waals surface area contributed by atoms with Gasteiger partial charge < -0.3 is 20.1 Å². The molecule has 1 aliphatic carbocycles. The Labute approximate surface area is 194 Å². The minimum atomic E-state index is -0.984. The van der Waals surface area contributed by atoms with Crippen LogP contribution in [0.25, 0.3) is 11.1 Å². The van der Waals surface area contributed by atoms with Gasteiger partial charge in [0.2, 0.25) is 5.91 Å². The van der Waals surface area contributed by atoms with Gasteiger partial charge in [-0.2, -0.15) is 0 Å². The molecular weight excluding hydrogens is 420 g/mol. The lowest BCUT2D eigenvalue weighted by Crippen LogP contribution is -2.45. The maximum Gasteiger partial charge on any atom is 0.407 e. The highest BCUT2D eigenvalue weighted by molar-refractivity contribution is 5.83. The van der Waals surface area contributed by atoms with Crippen molar-refractivity contribution in [3.63, 3.8) is 0 Å². The average molecular weight is 453 g/mol. The van der Waals surface area contributed by atoms with Crippen molar-refractivity contribution in [1.29, 1.82) is 0 Å². The lowest BCUT2D eigenvalue weighted by Gasteiger charge is -2.24. The largest absolute Gasteiger partial charge is 0.458 e. The summed E-state index contributed by atoms with van der Waals surface area (Å²) < 4.78 is 11.0. The van der Waals surface area contributed by atoms with E-state index in [-0.39, 0.29) is 31.3 Å². The third-order valence-electron chi connectivity index (χ3n) is 5.36. The van der Waals surface area contributed by atoms with Crippen LogP contribution in [0.4, 0.5) is 4.79 Å². The Morgan fingerprint density at radius 2 is 1.55 bits per heavy atom. The number of carbonyl (C=O) groups is 3. The number of carbonyl (C=O) groups excluding carboxylic acids is 3. The van der Waals surface area contributed by atoms with Crippen LogP contribution in [0.15, 0.2) is 48.5 Å². The minimum Gasteiger partial charge on any atom is -0.458 e. The molecule has 1 unspecified atom stereocenters. The van der Waals surface area contributed by atoms with Crippen molar-refractivity contribution in [3.05, 3.63) is 59.7 Å². The number of fused-ring (bicyclic) bond motifs is 3. The minimum absolute atomic E-state index is 0.0847. The van der Waals surface area contributed by atoms with Crippen molar-refractivity contribution in [3.8, 4) is 11.1 Å². The zero-order valence-corrected chi connectivity index (χ0v) is 19.6. The van der Waals surface area contributed by atoms with Crippen molar-refractivity contribution < 1.29 is 23.9 Å². The van der Waals surface area contributed by atoms with Crippen LogP contribution in [0.3, 0.4) is 0 Å². The lowest BCUT2D eigenvalue weighted by molar-refractivity contribution is -0.157. The molecule has 7 nitrogen and oxygen atoms in total. The Hall–Kier alpha value is -3.35. The number of nitrogens with one attached hydrogen (secondary N) is 2. The Balaban J connectivity index is 1.66. The van der Waals surface area contributed by atoms with Crippen LogP contribution in [0, 0.1) is 0 Å². The van der Waals surface area contributed by atoms with Gasteiger partial charge >= 0.3 is 12.1 Å². The van der Waals surface area contributed by atoms with E-state index in [1.54, 1.807) is 20.8 Å². The lowest BCUT2D eigenvalue weighted by atomic mass is 9.98. The quantitative estimate of drug-likeness (QED) is 0.587. The number of ether oxygens (including phenoxy) is 2. The average Bonchev–Trinajstić information content (AvgIpc) is 3.08. The fourth-order valence-corrected chi connectivity index (χ4v) is 3.97. The zero-order valence-electron chi connectivity index (χ0n) is 19.6. The smallest absolute Gasteiger partial charge is 0.407 e. The number of esters is 1. The van der Waals surface area contributed by atoms with Crippen LogP contribution in [0.2, 0.25) is 0 Å². The van der Waals surface area contributed by atoms with Gasteiger partial charge in [0, 0.05) is 18.9 Å². The van der Waals surface area contributed by atoms with Gasteiger partial charge in [-0.1, -0.05) is 48.5 Å². The predicted octanol–water partition coefficient (Wildman–Crippen LogP) is 4.15. The summed E-state index contributed by atoms with van der Waals surface area (Å²) in [5.41, 5.74) is 3.76. The third kappa shape index (κ3) is 6.34. The molecule has 1 atom stereocenters. The van der Waals surface area contributed by atoms with Gasteiger partial charge in [-0.05, 0) is 56.4 Å². The Morgan fingerprint density at radius 3 is 2.09 bits per heavy atom. The van der Waals surface area contributed by atoms with Crippen molar-refractivity contribution in [2.24, 2.45) is 0 Å². The first-order valence-electron chi connectivity index (χ1n) is 11.3. The monoisotopic (exact) mass is 452 g/mol. The van der Waals surface area contributed by atoms with Gasteiger partial charge in [-0.15, -0.1) is 0 Å². The van der Waals surface area contributed by atoms with E-state index in [2.05, 4.69) is 22.8 Å². The molecule has 0 radical (unpaired) electrons. The fraction of sp³-hybridized carbons (Fsp3) is 0.423. The first-order chi connectivity index (χ1) is 15.7. The highest BCUT2D eigenvalue weighted by Crippen LogP contribution is 2.44.